The summed E-state index contributed by atoms with van der Waals surface area (Å²) in [5.74, 6) is -1.66. The molecule has 0 fully saturated rings. The van der Waals surface area contributed by atoms with Crippen molar-refractivity contribution in [1.82, 2.24) is 0 Å². The number of carbonyl (C=O) groups is 3. The van der Waals surface area contributed by atoms with Crippen molar-refractivity contribution in [2.75, 3.05) is 19.8 Å². The topological polar surface area (TPSA) is 78.9 Å². The molecule has 0 saturated carbocycles. The number of carbonyl (C=O) groups excluding carboxylic acids is 3. The molecular formula is C14H23O6S3. The van der Waals surface area contributed by atoms with E-state index in [1.54, 1.807) is 20.8 Å². The van der Waals surface area contributed by atoms with Crippen LogP contribution in [0, 0.1) is 12.3 Å². The van der Waals surface area contributed by atoms with Gasteiger partial charge in [-0.25, -0.2) is 0 Å². The maximum absolute atomic E-state index is 11.5. The molecule has 0 rings (SSSR count). The van der Waals surface area contributed by atoms with Gasteiger partial charge < -0.3 is 14.2 Å². The molecule has 9 heteroatoms. The fourth-order valence-electron chi connectivity index (χ4n) is 1.16. The molecule has 6 nitrogen and oxygen atoms in total. The van der Waals surface area contributed by atoms with Gasteiger partial charge in [-0.15, -0.1) is 0 Å². The molecule has 0 heterocycles. The highest BCUT2D eigenvalue weighted by Gasteiger charge is 2.32. The zero-order valence-electron chi connectivity index (χ0n) is 13.4. The molecule has 0 aliphatic heterocycles. The summed E-state index contributed by atoms with van der Waals surface area (Å²) in [4.78, 5) is 34.5. The molecule has 3 unspecified atom stereocenters. The fraction of sp³-hybridized carbons (Fsp3) is 0.714. The van der Waals surface area contributed by atoms with Gasteiger partial charge >= 0.3 is 17.9 Å². The Bertz CT molecular complexity index is 363. The number of esters is 3. The predicted octanol–water partition coefficient (Wildman–Crippen LogP) is 1.39. The lowest BCUT2D eigenvalue weighted by Crippen LogP contribution is -2.39. The van der Waals surface area contributed by atoms with Crippen molar-refractivity contribution in [2.24, 2.45) is 5.41 Å². The molecular weight excluding hydrogens is 360 g/mol. The maximum Gasteiger partial charge on any atom is 0.318 e. The van der Waals surface area contributed by atoms with Gasteiger partial charge in [0, 0.05) is 0 Å². The van der Waals surface area contributed by atoms with Crippen LogP contribution in [0.15, 0.2) is 0 Å². The van der Waals surface area contributed by atoms with E-state index in [1.165, 1.54) is 0 Å². The van der Waals surface area contributed by atoms with Crippen molar-refractivity contribution in [2.45, 2.75) is 36.5 Å². The van der Waals surface area contributed by atoms with Gasteiger partial charge in [0.05, 0.1) is 21.2 Å². The smallest absolute Gasteiger partial charge is 0.318 e. The molecule has 0 N–H and O–H groups in total. The predicted molar refractivity (Wildman–Crippen MR) is 96.0 cm³/mol. The van der Waals surface area contributed by atoms with Crippen molar-refractivity contribution in [3.63, 3.8) is 0 Å². The van der Waals surface area contributed by atoms with Gasteiger partial charge in [0.15, 0.2) is 0 Å². The molecule has 1 radical (unpaired) electrons. The van der Waals surface area contributed by atoms with Crippen molar-refractivity contribution < 1.29 is 28.6 Å². The van der Waals surface area contributed by atoms with Crippen LogP contribution >= 0.6 is 37.9 Å². The summed E-state index contributed by atoms with van der Waals surface area (Å²) >= 11 is 11.9. The SMILES string of the molecule is [CH2]C(COC(=O)C(C)S)(COC(=O)C(C)S)COC(=O)C(C)S. The average molecular weight is 384 g/mol. The van der Waals surface area contributed by atoms with E-state index in [2.05, 4.69) is 44.8 Å². The Kier molecular flexibility index (Phi) is 10.1. The van der Waals surface area contributed by atoms with Crippen LogP contribution in [0.3, 0.4) is 0 Å². The minimum absolute atomic E-state index is 0.195. The van der Waals surface area contributed by atoms with Crippen molar-refractivity contribution in [1.29, 1.82) is 0 Å². The van der Waals surface area contributed by atoms with Crippen LogP contribution in [0.25, 0.3) is 0 Å². The molecule has 133 valence electrons. The number of hydrogen-bond donors (Lipinski definition) is 3. The van der Waals surface area contributed by atoms with Crippen LogP contribution in [-0.4, -0.2) is 53.5 Å². The Hall–Kier alpha value is -0.540. The third kappa shape index (κ3) is 9.36. The summed E-state index contributed by atoms with van der Waals surface area (Å²) in [5, 5.41) is -1.84. The summed E-state index contributed by atoms with van der Waals surface area (Å²) in [6.45, 7) is 7.94. The Morgan fingerprint density at radius 2 is 1.00 bits per heavy atom. The summed E-state index contributed by atoms with van der Waals surface area (Å²) in [6.07, 6.45) is 0. The van der Waals surface area contributed by atoms with Crippen LogP contribution in [0.4, 0.5) is 0 Å². The number of hydrogen-bond acceptors (Lipinski definition) is 9. The van der Waals surface area contributed by atoms with Crippen LogP contribution in [0.2, 0.25) is 0 Å². The zero-order chi connectivity index (χ0) is 18.2. The summed E-state index contributed by atoms with van der Waals surface area (Å²) in [7, 11) is 0. The Morgan fingerprint density at radius 1 is 0.783 bits per heavy atom. The third-order valence-corrected chi connectivity index (χ3v) is 3.22. The van der Waals surface area contributed by atoms with Crippen LogP contribution in [0.5, 0.6) is 0 Å². The summed E-state index contributed by atoms with van der Waals surface area (Å²) in [6, 6.07) is 0. The molecule has 0 saturated heterocycles. The van der Waals surface area contributed by atoms with Gasteiger partial charge in [0.25, 0.3) is 0 Å². The lowest BCUT2D eigenvalue weighted by Gasteiger charge is -2.28. The standard InChI is InChI=1S/C14H23O6S3/c1-8(21)11(15)18-5-14(4,6-19-12(16)9(2)22)7-20-13(17)10(3)23/h8-10,21-23H,4-7H2,1-3H3. The Morgan fingerprint density at radius 3 is 1.17 bits per heavy atom. The Labute approximate surface area is 153 Å². The molecule has 0 aliphatic rings. The highest BCUT2D eigenvalue weighted by Crippen LogP contribution is 2.20. The number of rotatable bonds is 9. The second kappa shape index (κ2) is 10.4. The van der Waals surface area contributed by atoms with Gasteiger partial charge in [0.2, 0.25) is 0 Å². The van der Waals surface area contributed by atoms with Crippen LogP contribution < -0.4 is 0 Å². The first-order valence-electron chi connectivity index (χ1n) is 6.88. The minimum atomic E-state index is -1.13. The fourth-order valence-corrected chi connectivity index (χ4v) is 1.38. The largest absolute Gasteiger partial charge is 0.464 e. The number of thiol groups is 3. The molecule has 0 bridgehead atoms. The van der Waals surface area contributed by atoms with Crippen molar-refractivity contribution in [3.05, 3.63) is 6.92 Å². The van der Waals surface area contributed by atoms with E-state index in [4.69, 9.17) is 14.2 Å². The summed E-state index contributed by atoms with van der Waals surface area (Å²) < 4.78 is 15.2. The maximum atomic E-state index is 11.5. The van der Waals surface area contributed by atoms with Gasteiger partial charge in [-0.2, -0.15) is 37.9 Å². The van der Waals surface area contributed by atoms with Crippen molar-refractivity contribution >= 4 is 55.8 Å². The molecule has 0 aromatic carbocycles. The lowest BCUT2D eigenvalue weighted by molar-refractivity contribution is -0.157. The van der Waals surface area contributed by atoms with Gasteiger partial charge in [-0.05, 0) is 27.7 Å². The number of ether oxygens (including phenoxy) is 3. The second-order valence-electron chi connectivity index (χ2n) is 5.35. The van der Waals surface area contributed by atoms with E-state index in [1.807, 2.05) is 0 Å². The highest BCUT2D eigenvalue weighted by atomic mass is 32.1. The molecule has 0 aromatic heterocycles. The first-order valence-corrected chi connectivity index (χ1v) is 8.43. The molecule has 0 aliphatic carbocycles. The molecule has 23 heavy (non-hydrogen) atoms. The zero-order valence-corrected chi connectivity index (χ0v) is 16.0. The van der Waals surface area contributed by atoms with Crippen LogP contribution in [0.1, 0.15) is 20.8 Å². The Balaban J connectivity index is 4.78. The van der Waals surface area contributed by atoms with E-state index in [0.717, 1.165) is 0 Å². The van der Waals surface area contributed by atoms with Crippen LogP contribution in [-0.2, 0) is 28.6 Å². The van der Waals surface area contributed by atoms with Gasteiger partial charge in [0.1, 0.15) is 19.8 Å². The van der Waals surface area contributed by atoms with E-state index in [-0.39, 0.29) is 19.8 Å². The van der Waals surface area contributed by atoms with E-state index >= 15 is 0 Å². The summed E-state index contributed by atoms with van der Waals surface area (Å²) in [5.41, 5.74) is -1.13. The quantitative estimate of drug-likeness (QED) is 0.317. The molecule has 0 amide bonds. The minimum Gasteiger partial charge on any atom is -0.464 e. The van der Waals surface area contributed by atoms with E-state index < -0.39 is 39.1 Å². The van der Waals surface area contributed by atoms with Crippen molar-refractivity contribution in [3.8, 4) is 0 Å². The lowest BCUT2D eigenvalue weighted by atomic mass is 9.94. The third-order valence-electron chi connectivity index (χ3n) is 2.59. The second-order valence-corrected chi connectivity index (χ2v) is 7.67. The average Bonchev–Trinajstić information content (AvgIpc) is 2.47. The first-order chi connectivity index (χ1) is 10.5. The molecule has 3 atom stereocenters. The highest BCUT2D eigenvalue weighted by molar-refractivity contribution is 7.82. The molecule has 0 spiro atoms. The monoisotopic (exact) mass is 383 g/mol. The normalized spacial score (nSPS) is 17.3. The van der Waals surface area contributed by atoms with E-state index in [0.29, 0.717) is 0 Å². The first kappa shape index (κ1) is 22.5. The van der Waals surface area contributed by atoms with E-state index in [9.17, 15) is 14.4 Å². The molecule has 0 aromatic rings. The van der Waals surface area contributed by atoms with Gasteiger partial charge in [-0.3, -0.25) is 14.4 Å². The van der Waals surface area contributed by atoms with Gasteiger partial charge in [-0.1, -0.05) is 0 Å².